The Balaban J connectivity index is 2.56. The van der Waals surface area contributed by atoms with Crippen LogP contribution < -0.4 is 5.73 Å². The second-order valence-electron chi connectivity index (χ2n) is 1.15. The summed E-state index contributed by atoms with van der Waals surface area (Å²) in [7, 11) is 0. The van der Waals surface area contributed by atoms with E-state index in [1.807, 2.05) is 17.8 Å². The van der Waals surface area contributed by atoms with Crippen LogP contribution in [0.2, 0.25) is 0 Å². The molecule has 0 aliphatic carbocycles. The van der Waals surface area contributed by atoms with E-state index >= 15 is 0 Å². The van der Waals surface area contributed by atoms with E-state index < -0.39 is 0 Å². The largest absolute Gasteiger partial charge is 0.330 e. The maximum absolute atomic E-state index is 5.21. The Bertz CT molecular complexity index is 45.3. The van der Waals surface area contributed by atoms with Gasteiger partial charge in [-0.1, -0.05) is 6.08 Å². The number of thioether (sulfide) groups is 1. The van der Waals surface area contributed by atoms with E-state index in [0.717, 1.165) is 18.1 Å². The van der Waals surface area contributed by atoms with E-state index in [2.05, 4.69) is 6.58 Å². The summed E-state index contributed by atoms with van der Waals surface area (Å²) in [6.45, 7) is 4.35. The van der Waals surface area contributed by atoms with E-state index in [1.54, 1.807) is 0 Å². The third-order valence-corrected chi connectivity index (χ3v) is 1.49. The second-order valence-corrected chi connectivity index (χ2v) is 2.30. The normalized spacial score (nSPS) is 8.71. The SMILES string of the molecule is C=CCSCCN. The van der Waals surface area contributed by atoms with Crippen molar-refractivity contribution in [3.63, 3.8) is 0 Å². The van der Waals surface area contributed by atoms with Gasteiger partial charge in [-0.15, -0.1) is 6.58 Å². The van der Waals surface area contributed by atoms with Crippen LogP contribution >= 0.6 is 11.8 Å². The fourth-order valence-electron chi connectivity index (χ4n) is 0.250. The third-order valence-electron chi connectivity index (χ3n) is 0.498. The minimum atomic E-state index is 0.776. The van der Waals surface area contributed by atoms with Crippen LogP contribution in [0.4, 0.5) is 0 Å². The molecule has 0 atom stereocenters. The molecule has 0 aromatic rings. The van der Waals surface area contributed by atoms with Crippen molar-refractivity contribution in [2.75, 3.05) is 18.1 Å². The molecule has 0 amide bonds. The first-order chi connectivity index (χ1) is 3.41. The van der Waals surface area contributed by atoms with Crippen molar-refractivity contribution < 1.29 is 0 Å². The van der Waals surface area contributed by atoms with Crippen LogP contribution in [-0.4, -0.2) is 18.1 Å². The molecule has 1 nitrogen and oxygen atoms in total. The molecule has 0 saturated carbocycles. The molecule has 2 N–H and O–H groups in total. The molecule has 0 unspecified atom stereocenters. The Hall–Kier alpha value is 0.0500. The third kappa shape index (κ3) is 6.05. The molecule has 0 radical (unpaired) electrons. The molecule has 0 bridgehead atoms. The predicted molar refractivity (Wildman–Crippen MR) is 36.6 cm³/mol. The maximum atomic E-state index is 5.21. The Kier molecular flexibility index (Phi) is 6.09. The standard InChI is InChI=1S/C5H11NS/c1-2-4-7-5-3-6/h2H,1,3-6H2. The smallest absolute Gasteiger partial charge is 0.0111 e. The number of hydrogen-bond acceptors (Lipinski definition) is 2. The first kappa shape index (κ1) is 7.05. The van der Waals surface area contributed by atoms with Gasteiger partial charge in [0.1, 0.15) is 0 Å². The summed E-state index contributed by atoms with van der Waals surface area (Å²) in [5.74, 6) is 2.07. The lowest BCUT2D eigenvalue weighted by Crippen LogP contribution is -2.00. The molecule has 0 saturated heterocycles. The summed E-state index contributed by atoms with van der Waals surface area (Å²) < 4.78 is 0. The number of nitrogens with two attached hydrogens (primary N) is 1. The minimum absolute atomic E-state index is 0.776. The van der Waals surface area contributed by atoms with Crippen LogP contribution in [0.5, 0.6) is 0 Å². The van der Waals surface area contributed by atoms with Gasteiger partial charge in [0.2, 0.25) is 0 Å². The van der Waals surface area contributed by atoms with Crippen LogP contribution in [0.3, 0.4) is 0 Å². The molecule has 0 aromatic heterocycles. The summed E-state index contributed by atoms with van der Waals surface area (Å²) in [6.07, 6.45) is 1.89. The molecule has 2 heteroatoms. The quantitative estimate of drug-likeness (QED) is 0.436. The molecule has 42 valence electrons. The summed E-state index contributed by atoms with van der Waals surface area (Å²) in [5, 5.41) is 0. The first-order valence-electron chi connectivity index (χ1n) is 2.30. The van der Waals surface area contributed by atoms with Crippen molar-refractivity contribution in [1.29, 1.82) is 0 Å². The van der Waals surface area contributed by atoms with Gasteiger partial charge in [-0.25, -0.2) is 0 Å². The summed E-state index contributed by atoms with van der Waals surface area (Å²) in [5.41, 5.74) is 5.21. The van der Waals surface area contributed by atoms with Crippen molar-refractivity contribution >= 4 is 11.8 Å². The van der Waals surface area contributed by atoms with Gasteiger partial charge in [0.05, 0.1) is 0 Å². The highest BCUT2D eigenvalue weighted by Gasteiger charge is 1.77. The zero-order chi connectivity index (χ0) is 5.54. The topological polar surface area (TPSA) is 26.0 Å². The van der Waals surface area contributed by atoms with Gasteiger partial charge in [0.15, 0.2) is 0 Å². The summed E-state index contributed by atoms with van der Waals surface area (Å²) in [6, 6.07) is 0. The fraction of sp³-hybridized carbons (Fsp3) is 0.600. The van der Waals surface area contributed by atoms with Gasteiger partial charge in [0.25, 0.3) is 0 Å². The maximum Gasteiger partial charge on any atom is 0.0111 e. The van der Waals surface area contributed by atoms with Crippen molar-refractivity contribution in [2.45, 2.75) is 0 Å². The highest BCUT2D eigenvalue weighted by Crippen LogP contribution is 1.95. The Labute approximate surface area is 49.0 Å². The van der Waals surface area contributed by atoms with E-state index in [4.69, 9.17) is 5.73 Å². The van der Waals surface area contributed by atoms with Crippen molar-refractivity contribution in [3.8, 4) is 0 Å². The van der Waals surface area contributed by atoms with Crippen LogP contribution in [0.1, 0.15) is 0 Å². The van der Waals surface area contributed by atoms with Crippen molar-refractivity contribution in [1.82, 2.24) is 0 Å². The molecule has 0 rings (SSSR count). The average molecular weight is 117 g/mol. The Morgan fingerprint density at radius 3 is 2.86 bits per heavy atom. The van der Waals surface area contributed by atoms with Crippen molar-refractivity contribution in [2.24, 2.45) is 5.73 Å². The Morgan fingerprint density at radius 1 is 1.71 bits per heavy atom. The molecule has 0 aliphatic heterocycles. The van der Waals surface area contributed by atoms with Gasteiger partial charge in [-0.2, -0.15) is 11.8 Å². The van der Waals surface area contributed by atoms with Crippen molar-refractivity contribution in [3.05, 3.63) is 12.7 Å². The highest BCUT2D eigenvalue weighted by molar-refractivity contribution is 7.99. The highest BCUT2D eigenvalue weighted by atomic mass is 32.2. The number of hydrogen-bond donors (Lipinski definition) is 1. The molecule has 0 fully saturated rings. The zero-order valence-corrected chi connectivity index (χ0v) is 5.21. The summed E-state index contributed by atoms with van der Waals surface area (Å²) >= 11 is 1.81. The lowest BCUT2D eigenvalue weighted by Gasteiger charge is -1.88. The second kappa shape index (κ2) is 6.05. The summed E-state index contributed by atoms with van der Waals surface area (Å²) in [4.78, 5) is 0. The number of rotatable bonds is 4. The van der Waals surface area contributed by atoms with Crippen LogP contribution in [0, 0.1) is 0 Å². The van der Waals surface area contributed by atoms with Gasteiger partial charge in [-0.3, -0.25) is 0 Å². The lowest BCUT2D eigenvalue weighted by atomic mass is 10.8. The predicted octanol–water partition coefficient (Wildman–Crippen LogP) is 0.864. The fourth-order valence-corrected chi connectivity index (χ4v) is 0.750. The first-order valence-corrected chi connectivity index (χ1v) is 3.46. The van der Waals surface area contributed by atoms with E-state index in [-0.39, 0.29) is 0 Å². The monoisotopic (exact) mass is 117 g/mol. The van der Waals surface area contributed by atoms with E-state index in [9.17, 15) is 0 Å². The van der Waals surface area contributed by atoms with Gasteiger partial charge in [0, 0.05) is 18.1 Å². The van der Waals surface area contributed by atoms with Crippen LogP contribution in [0.25, 0.3) is 0 Å². The average Bonchev–Trinajstić information content (AvgIpc) is 1.69. The van der Waals surface area contributed by atoms with Gasteiger partial charge in [-0.05, 0) is 0 Å². The molecular weight excluding hydrogens is 106 g/mol. The van der Waals surface area contributed by atoms with Gasteiger partial charge < -0.3 is 5.73 Å². The van der Waals surface area contributed by atoms with E-state index in [1.165, 1.54) is 0 Å². The lowest BCUT2D eigenvalue weighted by molar-refractivity contribution is 1.15. The Morgan fingerprint density at radius 2 is 2.43 bits per heavy atom. The van der Waals surface area contributed by atoms with Crippen LogP contribution in [0.15, 0.2) is 12.7 Å². The molecule has 0 aliphatic rings. The molecule has 0 aromatic carbocycles. The van der Waals surface area contributed by atoms with Gasteiger partial charge >= 0.3 is 0 Å². The molecule has 0 heterocycles. The molecule has 7 heavy (non-hydrogen) atoms. The molecule has 0 spiro atoms. The van der Waals surface area contributed by atoms with Crippen LogP contribution in [-0.2, 0) is 0 Å². The minimum Gasteiger partial charge on any atom is -0.330 e. The zero-order valence-electron chi connectivity index (χ0n) is 4.39. The van der Waals surface area contributed by atoms with E-state index in [0.29, 0.717) is 0 Å². The molecular formula is C5H11NS.